The van der Waals surface area contributed by atoms with Gasteiger partial charge in [-0.15, -0.1) is 0 Å². The molecular weight excluding hydrogens is 264 g/mol. The van der Waals surface area contributed by atoms with E-state index in [9.17, 15) is 0 Å². The summed E-state index contributed by atoms with van der Waals surface area (Å²) in [7, 11) is 0. The molecule has 0 aliphatic rings. The van der Waals surface area contributed by atoms with Crippen LogP contribution in [-0.2, 0) is 9.47 Å². The van der Waals surface area contributed by atoms with Crippen LogP contribution in [0.25, 0.3) is 0 Å². The van der Waals surface area contributed by atoms with Gasteiger partial charge in [0.1, 0.15) is 0 Å². The van der Waals surface area contributed by atoms with E-state index in [1.165, 1.54) is 64.2 Å². The van der Waals surface area contributed by atoms with Crippen LogP contribution in [0.4, 0.5) is 0 Å². The van der Waals surface area contributed by atoms with Gasteiger partial charge in [-0.25, -0.2) is 0 Å². The molecule has 0 saturated heterocycles. The van der Waals surface area contributed by atoms with Crippen molar-refractivity contribution < 1.29 is 14.6 Å². The standard InChI is InChI=1S/C18H38O3/c1-4-6-8-9-11-13-18(12-10-7-5-2)21-17(3)16-20-15-14-19/h17-19H,4-16H2,1-3H3. The molecule has 0 radical (unpaired) electrons. The number of aliphatic hydroxyl groups is 1. The minimum absolute atomic E-state index is 0.0874. The largest absolute Gasteiger partial charge is 0.394 e. The molecule has 0 bridgehead atoms. The zero-order valence-corrected chi connectivity index (χ0v) is 14.6. The van der Waals surface area contributed by atoms with Gasteiger partial charge in [0.15, 0.2) is 0 Å². The smallest absolute Gasteiger partial charge is 0.0784 e. The van der Waals surface area contributed by atoms with E-state index in [0.717, 1.165) is 0 Å². The van der Waals surface area contributed by atoms with Crippen molar-refractivity contribution >= 4 is 0 Å². The zero-order valence-electron chi connectivity index (χ0n) is 14.6. The molecule has 0 aromatic heterocycles. The lowest BCUT2D eigenvalue weighted by molar-refractivity contribution is -0.0587. The van der Waals surface area contributed by atoms with E-state index >= 15 is 0 Å². The van der Waals surface area contributed by atoms with Crippen LogP contribution in [0, 0.1) is 0 Å². The van der Waals surface area contributed by atoms with E-state index in [0.29, 0.717) is 19.3 Å². The Hall–Kier alpha value is -0.120. The summed E-state index contributed by atoms with van der Waals surface area (Å²) in [4.78, 5) is 0. The van der Waals surface area contributed by atoms with Crippen molar-refractivity contribution in [3.8, 4) is 0 Å². The highest BCUT2D eigenvalue weighted by Gasteiger charge is 2.13. The van der Waals surface area contributed by atoms with Crippen molar-refractivity contribution in [2.24, 2.45) is 0 Å². The lowest BCUT2D eigenvalue weighted by atomic mass is 10.0. The number of aliphatic hydroxyl groups excluding tert-OH is 1. The molecule has 0 spiro atoms. The minimum Gasteiger partial charge on any atom is -0.394 e. The van der Waals surface area contributed by atoms with Crippen LogP contribution in [0.5, 0.6) is 0 Å². The van der Waals surface area contributed by atoms with Crippen LogP contribution < -0.4 is 0 Å². The Balaban J connectivity index is 3.88. The van der Waals surface area contributed by atoms with Crippen LogP contribution >= 0.6 is 0 Å². The van der Waals surface area contributed by atoms with E-state index in [2.05, 4.69) is 20.8 Å². The molecular formula is C18H38O3. The summed E-state index contributed by atoms with van der Waals surface area (Å²) in [6.45, 7) is 7.65. The van der Waals surface area contributed by atoms with Crippen LogP contribution in [0.3, 0.4) is 0 Å². The highest BCUT2D eigenvalue weighted by atomic mass is 16.5. The SMILES string of the molecule is CCCCCCCC(CCCCC)OC(C)COCCO. The van der Waals surface area contributed by atoms with Crippen molar-refractivity contribution in [1.82, 2.24) is 0 Å². The summed E-state index contributed by atoms with van der Waals surface area (Å²) >= 11 is 0. The molecule has 0 amide bonds. The molecule has 0 saturated carbocycles. The topological polar surface area (TPSA) is 38.7 Å². The van der Waals surface area contributed by atoms with Gasteiger partial charge < -0.3 is 14.6 Å². The van der Waals surface area contributed by atoms with Crippen LogP contribution in [0.2, 0.25) is 0 Å². The van der Waals surface area contributed by atoms with E-state index < -0.39 is 0 Å². The van der Waals surface area contributed by atoms with Crippen molar-refractivity contribution in [2.45, 2.75) is 97.2 Å². The predicted octanol–water partition coefficient (Wildman–Crippen LogP) is 4.71. The molecule has 0 aliphatic carbocycles. The zero-order chi connectivity index (χ0) is 15.8. The van der Waals surface area contributed by atoms with Gasteiger partial charge in [0.05, 0.1) is 32.0 Å². The van der Waals surface area contributed by atoms with E-state index in [4.69, 9.17) is 14.6 Å². The van der Waals surface area contributed by atoms with E-state index in [-0.39, 0.29) is 12.7 Å². The molecule has 21 heavy (non-hydrogen) atoms. The van der Waals surface area contributed by atoms with Gasteiger partial charge in [-0.05, 0) is 19.8 Å². The number of rotatable bonds is 16. The van der Waals surface area contributed by atoms with Crippen LogP contribution in [0.15, 0.2) is 0 Å². The highest BCUT2D eigenvalue weighted by molar-refractivity contribution is 4.62. The Morgan fingerprint density at radius 2 is 1.43 bits per heavy atom. The first kappa shape index (κ1) is 20.9. The van der Waals surface area contributed by atoms with Gasteiger partial charge in [-0.2, -0.15) is 0 Å². The third-order valence-electron chi connectivity index (χ3n) is 3.77. The normalized spacial score (nSPS) is 14.3. The molecule has 0 aromatic carbocycles. The lowest BCUT2D eigenvalue weighted by Crippen LogP contribution is -2.24. The molecule has 3 heteroatoms. The highest BCUT2D eigenvalue weighted by Crippen LogP contribution is 2.17. The first-order chi connectivity index (χ1) is 10.2. The van der Waals surface area contributed by atoms with Gasteiger partial charge in [0, 0.05) is 0 Å². The summed E-state index contributed by atoms with van der Waals surface area (Å²) in [6, 6.07) is 0. The second kappa shape index (κ2) is 16.3. The van der Waals surface area contributed by atoms with Crippen LogP contribution in [-0.4, -0.2) is 37.1 Å². The van der Waals surface area contributed by atoms with E-state index in [1.54, 1.807) is 0 Å². The lowest BCUT2D eigenvalue weighted by Gasteiger charge is -2.22. The third kappa shape index (κ3) is 14.6. The molecule has 0 fully saturated rings. The molecule has 0 rings (SSSR count). The Bertz CT molecular complexity index is 197. The average Bonchev–Trinajstić information content (AvgIpc) is 2.47. The monoisotopic (exact) mass is 302 g/mol. The third-order valence-corrected chi connectivity index (χ3v) is 3.77. The fourth-order valence-electron chi connectivity index (χ4n) is 2.56. The van der Waals surface area contributed by atoms with Gasteiger partial charge >= 0.3 is 0 Å². The van der Waals surface area contributed by atoms with Gasteiger partial charge in [-0.3, -0.25) is 0 Å². The summed E-state index contributed by atoms with van der Waals surface area (Å²) < 4.78 is 11.5. The summed E-state index contributed by atoms with van der Waals surface area (Å²) in [5.41, 5.74) is 0. The van der Waals surface area contributed by atoms with Crippen molar-refractivity contribution in [3.05, 3.63) is 0 Å². The number of hydrogen-bond donors (Lipinski definition) is 1. The van der Waals surface area contributed by atoms with Crippen LogP contribution in [0.1, 0.15) is 85.0 Å². The first-order valence-electron chi connectivity index (χ1n) is 9.08. The quantitative estimate of drug-likeness (QED) is 0.420. The molecule has 0 aromatic rings. The molecule has 3 nitrogen and oxygen atoms in total. The van der Waals surface area contributed by atoms with E-state index in [1.807, 2.05) is 0 Å². The number of unbranched alkanes of at least 4 members (excludes halogenated alkanes) is 6. The Kier molecular flexibility index (Phi) is 16.2. The molecule has 2 unspecified atom stereocenters. The van der Waals surface area contributed by atoms with Crippen molar-refractivity contribution in [3.63, 3.8) is 0 Å². The Morgan fingerprint density at radius 3 is 2.05 bits per heavy atom. The maximum Gasteiger partial charge on any atom is 0.0784 e. The summed E-state index contributed by atoms with van der Waals surface area (Å²) in [6.07, 6.45) is 13.3. The maximum atomic E-state index is 8.73. The van der Waals surface area contributed by atoms with Crippen molar-refractivity contribution in [1.29, 1.82) is 0 Å². The van der Waals surface area contributed by atoms with Gasteiger partial charge in [0.2, 0.25) is 0 Å². The molecule has 0 heterocycles. The van der Waals surface area contributed by atoms with Crippen molar-refractivity contribution in [2.75, 3.05) is 19.8 Å². The Morgan fingerprint density at radius 1 is 0.857 bits per heavy atom. The Labute approximate surface area is 132 Å². The molecule has 2 atom stereocenters. The predicted molar refractivity (Wildman–Crippen MR) is 89.8 cm³/mol. The minimum atomic E-state index is 0.0874. The van der Waals surface area contributed by atoms with Gasteiger partial charge in [-0.1, -0.05) is 65.2 Å². The van der Waals surface area contributed by atoms with Gasteiger partial charge in [0.25, 0.3) is 0 Å². The summed E-state index contributed by atoms with van der Waals surface area (Å²) in [5, 5.41) is 8.73. The molecule has 128 valence electrons. The fourth-order valence-corrected chi connectivity index (χ4v) is 2.56. The number of hydrogen-bond acceptors (Lipinski definition) is 3. The molecule has 1 N–H and O–H groups in total. The summed E-state index contributed by atoms with van der Waals surface area (Å²) in [5.74, 6) is 0. The molecule has 0 aliphatic heterocycles. The average molecular weight is 302 g/mol. The maximum absolute atomic E-state index is 8.73. The second-order valence-corrected chi connectivity index (χ2v) is 6.07. The second-order valence-electron chi connectivity index (χ2n) is 6.07. The number of ether oxygens (including phenoxy) is 2. The fraction of sp³-hybridized carbons (Fsp3) is 1.00. The first-order valence-corrected chi connectivity index (χ1v) is 9.08.